The molecule has 3 rings (SSSR count). The number of nitrogens with zero attached hydrogens (tertiary/aromatic N) is 1. The zero-order valence-corrected chi connectivity index (χ0v) is 19.9. The molecule has 172 valence electrons. The summed E-state index contributed by atoms with van der Waals surface area (Å²) in [7, 11) is 0. The molecule has 0 heterocycles. The van der Waals surface area contributed by atoms with Gasteiger partial charge >= 0.3 is 0 Å². The van der Waals surface area contributed by atoms with Gasteiger partial charge in [-0.15, -0.1) is 11.8 Å². The smallest absolute Gasteiger partial charge is 0.243 e. The van der Waals surface area contributed by atoms with Crippen molar-refractivity contribution in [2.45, 2.75) is 63.4 Å². The number of hydrogen-bond acceptors (Lipinski definition) is 3. The molecular weight excluding hydrogens is 447 g/mol. The molecule has 0 aromatic heterocycles. The Hall–Kier alpha value is -2.05. The molecule has 0 radical (unpaired) electrons. The highest BCUT2D eigenvalue weighted by molar-refractivity contribution is 7.99. The highest BCUT2D eigenvalue weighted by Crippen LogP contribution is 2.23. The first kappa shape index (κ1) is 24.6. The van der Waals surface area contributed by atoms with Gasteiger partial charge in [-0.25, -0.2) is 4.39 Å². The Morgan fingerprint density at radius 3 is 2.44 bits per heavy atom. The van der Waals surface area contributed by atoms with Gasteiger partial charge in [0.2, 0.25) is 11.8 Å². The highest BCUT2D eigenvalue weighted by atomic mass is 35.5. The molecule has 1 aliphatic carbocycles. The fourth-order valence-corrected chi connectivity index (χ4v) is 5.14. The number of thioether (sulfide) groups is 1. The van der Waals surface area contributed by atoms with Gasteiger partial charge in [0.15, 0.2) is 0 Å². The van der Waals surface area contributed by atoms with Crippen LogP contribution < -0.4 is 5.32 Å². The Morgan fingerprint density at radius 1 is 1.12 bits per heavy atom. The van der Waals surface area contributed by atoms with Crippen LogP contribution >= 0.6 is 23.4 Å². The van der Waals surface area contributed by atoms with E-state index in [-0.39, 0.29) is 36.0 Å². The highest BCUT2D eigenvalue weighted by Gasteiger charge is 2.30. The standard InChI is InChI=1S/C25H30ClFN2O2S/c1-2-23(25(31)28-20-11-5-6-12-20)29(15-18-9-3-7-13-21(18)26)24(30)17-32-16-19-10-4-8-14-22(19)27/h3-4,7-10,13-14,20,23H,2,5-6,11-12,15-17H2,1H3,(H,28,31). The number of benzene rings is 2. The lowest BCUT2D eigenvalue weighted by Crippen LogP contribution is -2.51. The van der Waals surface area contributed by atoms with Gasteiger partial charge in [0.05, 0.1) is 5.75 Å². The van der Waals surface area contributed by atoms with E-state index >= 15 is 0 Å². The van der Waals surface area contributed by atoms with E-state index in [2.05, 4.69) is 5.32 Å². The number of amides is 2. The molecule has 0 aliphatic heterocycles. The maximum atomic E-state index is 13.9. The SMILES string of the molecule is CCC(C(=O)NC1CCCC1)N(Cc1ccccc1Cl)C(=O)CSCc1ccccc1F. The second-order valence-electron chi connectivity index (χ2n) is 8.11. The van der Waals surface area contributed by atoms with Gasteiger partial charge in [-0.2, -0.15) is 0 Å². The van der Waals surface area contributed by atoms with E-state index in [1.807, 2.05) is 25.1 Å². The monoisotopic (exact) mass is 476 g/mol. The van der Waals surface area contributed by atoms with E-state index in [1.165, 1.54) is 17.8 Å². The van der Waals surface area contributed by atoms with Crippen molar-refractivity contribution in [1.29, 1.82) is 0 Å². The molecule has 1 fully saturated rings. The second kappa shape index (κ2) is 12.3. The molecule has 2 amide bonds. The third-order valence-electron chi connectivity index (χ3n) is 5.83. The molecule has 1 saturated carbocycles. The maximum absolute atomic E-state index is 13.9. The first-order chi connectivity index (χ1) is 15.5. The van der Waals surface area contributed by atoms with Crippen LogP contribution in [-0.4, -0.2) is 34.6 Å². The number of carbonyl (C=O) groups is 2. The van der Waals surface area contributed by atoms with Crippen molar-refractivity contribution >= 4 is 35.2 Å². The molecule has 1 atom stereocenters. The quantitative estimate of drug-likeness (QED) is 0.487. The zero-order chi connectivity index (χ0) is 22.9. The molecule has 2 aromatic rings. The van der Waals surface area contributed by atoms with Gasteiger partial charge in [0.1, 0.15) is 11.9 Å². The lowest BCUT2D eigenvalue weighted by Gasteiger charge is -2.31. The Kier molecular flexibility index (Phi) is 9.42. The minimum absolute atomic E-state index is 0.112. The van der Waals surface area contributed by atoms with Gasteiger partial charge in [-0.3, -0.25) is 9.59 Å². The van der Waals surface area contributed by atoms with Crippen molar-refractivity contribution in [2.24, 2.45) is 0 Å². The van der Waals surface area contributed by atoms with Crippen LogP contribution in [0.2, 0.25) is 5.02 Å². The summed E-state index contributed by atoms with van der Waals surface area (Å²) in [6, 6.07) is 13.5. The van der Waals surface area contributed by atoms with Crippen LogP contribution in [0.3, 0.4) is 0 Å². The van der Waals surface area contributed by atoms with Crippen molar-refractivity contribution in [3.63, 3.8) is 0 Å². The summed E-state index contributed by atoms with van der Waals surface area (Å²) in [6.07, 6.45) is 4.72. The van der Waals surface area contributed by atoms with E-state index in [1.54, 1.807) is 29.2 Å². The minimum atomic E-state index is -0.576. The van der Waals surface area contributed by atoms with Crippen LogP contribution in [0.1, 0.15) is 50.2 Å². The molecule has 1 aliphatic rings. The summed E-state index contributed by atoms with van der Waals surface area (Å²) in [5, 5.41) is 3.70. The van der Waals surface area contributed by atoms with Crippen molar-refractivity contribution < 1.29 is 14.0 Å². The molecule has 0 saturated heterocycles. The van der Waals surface area contributed by atoms with Crippen LogP contribution in [-0.2, 0) is 21.9 Å². The minimum Gasteiger partial charge on any atom is -0.352 e. The number of hydrogen-bond donors (Lipinski definition) is 1. The second-order valence-corrected chi connectivity index (χ2v) is 9.50. The molecular formula is C25H30ClFN2O2S. The summed E-state index contributed by atoms with van der Waals surface area (Å²) < 4.78 is 13.9. The van der Waals surface area contributed by atoms with Crippen LogP contribution in [0, 0.1) is 5.82 Å². The first-order valence-corrected chi connectivity index (χ1v) is 12.7. The fourth-order valence-electron chi connectivity index (χ4n) is 4.04. The molecule has 1 unspecified atom stereocenters. The van der Waals surface area contributed by atoms with Crippen molar-refractivity contribution in [3.8, 4) is 0 Å². The van der Waals surface area contributed by atoms with E-state index < -0.39 is 6.04 Å². The Balaban J connectivity index is 1.72. The molecule has 1 N–H and O–H groups in total. The molecule has 2 aromatic carbocycles. The van der Waals surface area contributed by atoms with E-state index in [4.69, 9.17) is 11.6 Å². The normalized spacial score (nSPS) is 14.8. The summed E-state index contributed by atoms with van der Waals surface area (Å²) in [5.74, 6) is 0.0106. The number of halogens is 2. The van der Waals surface area contributed by atoms with E-state index in [0.29, 0.717) is 22.8 Å². The lowest BCUT2D eigenvalue weighted by atomic mass is 10.1. The average Bonchev–Trinajstić information content (AvgIpc) is 3.29. The first-order valence-electron chi connectivity index (χ1n) is 11.1. The van der Waals surface area contributed by atoms with Crippen LogP contribution in [0.15, 0.2) is 48.5 Å². The maximum Gasteiger partial charge on any atom is 0.243 e. The summed E-state index contributed by atoms with van der Waals surface area (Å²) in [5.41, 5.74) is 1.36. The summed E-state index contributed by atoms with van der Waals surface area (Å²) in [4.78, 5) is 28.0. The fraction of sp³-hybridized carbons (Fsp3) is 0.440. The predicted molar refractivity (Wildman–Crippen MR) is 129 cm³/mol. The van der Waals surface area contributed by atoms with Crippen LogP contribution in [0.5, 0.6) is 0 Å². The Morgan fingerprint density at radius 2 is 1.78 bits per heavy atom. The number of nitrogens with one attached hydrogen (secondary N) is 1. The topological polar surface area (TPSA) is 49.4 Å². The number of carbonyl (C=O) groups excluding carboxylic acids is 2. The molecule has 4 nitrogen and oxygen atoms in total. The van der Waals surface area contributed by atoms with Gasteiger partial charge in [-0.1, -0.05) is 67.8 Å². The third kappa shape index (κ3) is 6.72. The third-order valence-corrected chi connectivity index (χ3v) is 7.16. The van der Waals surface area contributed by atoms with Crippen molar-refractivity contribution in [2.75, 3.05) is 5.75 Å². The van der Waals surface area contributed by atoms with Gasteiger partial charge in [0.25, 0.3) is 0 Å². The van der Waals surface area contributed by atoms with Crippen molar-refractivity contribution in [3.05, 3.63) is 70.5 Å². The predicted octanol–water partition coefficient (Wildman–Crippen LogP) is 5.58. The largest absolute Gasteiger partial charge is 0.352 e. The van der Waals surface area contributed by atoms with Crippen molar-refractivity contribution in [1.82, 2.24) is 10.2 Å². The molecule has 0 spiro atoms. The Labute approximate surface area is 198 Å². The molecule has 0 bridgehead atoms. The van der Waals surface area contributed by atoms with Crippen LogP contribution in [0.25, 0.3) is 0 Å². The average molecular weight is 477 g/mol. The van der Waals surface area contributed by atoms with Gasteiger partial charge in [0, 0.05) is 23.4 Å². The summed E-state index contributed by atoms with van der Waals surface area (Å²) in [6.45, 7) is 2.17. The van der Waals surface area contributed by atoms with Gasteiger partial charge in [-0.05, 0) is 42.5 Å². The molecule has 7 heteroatoms. The summed E-state index contributed by atoms with van der Waals surface area (Å²) >= 11 is 7.70. The van der Waals surface area contributed by atoms with E-state index in [0.717, 1.165) is 31.2 Å². The van der Waals surface area contributed by atoms with Crippen LogP contribution in [0.4, 0.5) is 4.39 Å². The Bertz CT molecular complexity index is 920. The van der Waals surface area contributed by atoms with Gasteiger partial charge < -0.3 is 10.2 Å². The zero-order valence-electron chi connectivity index (χ0n) is 18.4. The number of rotatable bonds is 10. The molecule has 32 heavy (non-hydrogen) atoms. The lowest BCUT2D eigenvalue weighted by molar-refractivity contribution is -0.139. The van der Waals surface area contributed by atoms with E-state index in [9.17, 15) is 14.0 Å².